The quantitative estimate of drug-likeness (QED) is 0.179. The first-order valence-corrected chi connectivity index (χ1v) is 12.9. The van der Waals surface area contributed by atoms with Crippen LogP contribution in [0.25, 0.3) is 6.08 Å². The number of amides is 1. The topological polar surface area (TPSA) is 65.1 Å². The van der Waals surface area contributed by atoms with Crippen molar-refractivity contribution in [3.05, 3.63) is 98.9 Å². The van der Waals surface area contributed by atoms with Crippen molar-refractivity contribution in [1.29, 1.82) is 0 Å². The van der Waals surface area contributed by atoms with E-state index < -0.39 is 12.0 Å². The van der Waals surface area contributed by atoms with E-state index in [1.165, 1.54) is 12.0 Å². The molecule has 0 spiro atoms. The molecule has 9 heteroatoms. The fraction of sp³-hybridized carbons (Fsp3) is 0.148. The normalized spacial score (nSPS) is 15.2. The van der Waals surface area contributed by atoms with E-state index in [2.05, 4.69) is 15.9 Å². The van der Waals surface area contributed by atoms with Gasteiger partial charge in [-0.1, -0.05) is 84.6 Å². The molecule has 1 unspecified atom stereocenters. The van der Waals surface area contributed by atoms with Gasteiger partial charge in [0.05, 0.1) is 23.6 Å². The molecule has 1 atom stereocenters. The summed E-state index contributed by atoms with van der Waals surface area (Å²) in [7, 11) is 2.85. The minimum atomic E-state index is -0.968. The second kappa shape index (κ2) is 11.7. The number of esters is 1. The van der Waals surface area contributed by atoms with Crippen LogP contribution in [0.5, 0.6) is 11.5 Å². The number of rotatable bonds is 8. The molecule has 0 N–H and O–H groups in total. The Kier molecular flexibility index (Phi) is 8.45. The van der Waals surface area contributed by atoms with Crippen LogP contribution >= 0.6 is 39.9 Å². The SMILES string of the molecule is COC(=O)C(c1ccccc1)N1C(=O)/C(=C/c2cc(Br)c(OCc3ccccc3)c(OC)c2)SC1=S. The van der Waals surface area contributed by atoms with Gasteiger partial charge in [-0.3, -0.25) is 9.69 Å². The van der Waals surface area contributed by atoms with Gasteiger partial charge in [0.2, 0.25) is 0 Å². The summed E-state index contributed by atoms with van der Waals surface area (Å²) in [5.74, 6) is 0.131. The van der Waals surface area contributed by atoms with Gasteiger partial charge in [-0.2, -0.15) is 0 Å². The lowest BCUT2D eigenvalue weighted by Gasteiger charge is -2.24. The van der Waals surface area contributed by atoms with Gasteiger partial charge >= 0.3 is 5.97 Å². The van der Waals surface area contributed by atoms with Gasteiger partial charge in [-0.05, 0) is 50.8 Å². The number of carbonyl (C=O) groups is 2. The molecule has 0 bridgehead atoms. The number of hydrogen-bond acceptors (Lipinski definition) is 7. The van der Waals surface area contributed by atoms with Crippen molar-refractivity contribution in [3.63, 3.8) is 0 Å². The van der Waals surface area contributed by atoms with Crippen molar-refractivity contribution in [2.75, 3.05) is 14.2 Å². The molecule has 184 valence electrons. The fourth-order valence-corrected chi connectivity index (χ4v) is 5.57. The van der Waals surface area contributed by atoms with Gasteiger partial charge in [0, 0.05) is 0 Å². The predicted molar refractivity (Wildman–Crippen MR) is 148 cm³/mol. The molecule has 4 rings (SSSR count). The van der Waals surface area contributed by atoms with E-state index in [0.717, 1.165) is 17.3 Å². The van der Waals surface area contributed by atoms with Crippen molar-refractivity contribution in [2.24, 2.45) is 0 Å². The average Bonchev–Trinajstić information content (AvgIpc) is 3.16. The van der Waals surface area contributed by atoms with E-state index in [1.54, 1.807) is 43.5 Å². The lowest BCUT2D eigenvalue weighted by Crippen LogP contribution is -2.37. The first kappa shape index (κ1) is 25.9. The number of carbonyl (C=O) groups excluding carboxylic acids is 2. The van der Waals surface area contributed by atoms with E-state index in [-0.39, 0.29) is 10.2 Å². The molecule has 0 saturated carbocycles. The van der Waals surface area contributed by atoms with Crippen LogP contribution in [0, 0.1) is 0 Å². The van der Waals surface area contributed by atoms with Crippen molar-refractivity contribution in [1.82, 2.24) is 4.90 Å². The Morgan fingerprint density at radius 1 is 1.08 bits per heavy atom. The molecule has 0 aromatic heterocycles. The number of ether oxygens (including phenoxy) is 3. The third-order valence-corrected chi connectivity index (χ3v) is 7.32. The highest BCUT2D eigenvalue weighted by Gasteiger charge is 2.41. The molecule has 1 heterocycles. The van der Waals surface area contributed by atoms with Gasteiger partial charge in [0.1, 0.15) is 10.9 Å². The summed E-state index contributed by atoms with van der Waals surface area (Å²) in [5.41, 5.74) is 2.35. The van der Waals surface area contributed by atoms with Crippen molar-refractivity contribution >= 4 is 62.2 Å². The van der Waals surface area contributed by atoms with Crippen molar-refractivity contribution in [3.8, 4) is 11.5 Å². The minimum Gasteiger partial charge on any atom is -0.493 e. The summed E-state index contributed by atoms with van der Waals surface area (Å²) < 4.78 is 17.5. The second-order valence-corrected chi connectivity index (χ2v) is 10.2. The zero-order valence-electron chi connectivity index (χ0n) is 19.5. The number of nitrogens with zero attached hydrogens (tertiary/aromatic N) is 1. The largest absolute Gasteiger partial charge is 0.493 e. The number of thiocarbonyl (C=S) groups is 1. The molecule has 1 fully saturated rings. The van der Waals surface area contributed by atoms with Gasteiger partial charge in [-0.15, -0.1) is 0 Å². The number of methoxy groups -OCH3 is 2. The Morgan fingerprint density at radius 3 is 2.39 bits per heavy atom. The standard InChI is InChI=1S/C27H22BrNO5S2/c1-32-21-14-18(13-20(28)24(21)34-16-17-9-5-3-6-10-17)15-22-25(30)29(27(35)36-22)23(26(31)33-2)19-11-7-4-8-12-19/h3-15,23H,16H2,1-2H3/b22-15-. The number of halogens is 1. The molecule has 1 amide bonds. The fourth-order valence-electron chi connectivity index (χ4n) is 3.68. The Balaban J connectivity index is 1.61. The molecular weight excluding hydrogens is 562 g/mol. The van der Waals surface area contributed by atoms with Crippen LogP contribution in [0.4, 0.5) is 0 Å². The Labute approximate surface area is 227 Å². The second-order valence-electron chi connectivity index (χ2n) is 7.70. The molecule has 1 aliphatic rings. The first-order chi connectivity index (χ1) is 17.4. The van der Waals surface area contributed by atoms with Crippen molar-refractivity contribution in [2.45, 2.75) is 12.6 Å². The highest BCUT2D eigenvalue weighted by molar-refractivity contribution is 9.10. The maximum Gasteiger partial charge on any atom is 0.333 e. The number of hydrogen-bond donors (Lipinski definition) is 0. The molecule has 0 aliphatic carbocycles. The highest BCUT2D eigenvalue weighted by atomic mass is 79.9. The minimum absolute atomic E-state index is 0.277. The maximum absolute atomic E-state index is 13.4. The lowest BCUT2D eigenvalue weighted by molar-refractivity contribution is -0.148. The van der Waals surface area contributed by atoms with Crippen LogP contribution in [0.2, 0.25) is 0 Å². The zero-order valence-corrected chi connectivity index (χ0v) is 22.7. The third-order valence-electron chi connectivity index (χ3n) is 5.40. The third kappa shape index (κ3) is 5.64. The van der Waals surface area contributed by atoms with Crippen LogP contribution in [-0.4, -0.2) is 35.3 Å². The molecule has 3 aromatic carbocycles. The summed E-state index contributed by atoms with van der Waals surface area (Å²) in [6.07, 6.45) is 1.72. The molecular formula is C27H22BrNO5S2. The Hall–Kier alpha value is -3.14. The number of benzene rings is 3. The molecule has 36 heavy (non-hydrogen) atoms. The van der Waals surface area contributed by atoms with Crippen LogP contribution in [0.15, 0.2) is 82.2 Å². The smallest absolute Gasteiger partial charge is 0.333 e. The van der Waals surface area contributed by atoms with E-state index in [0.29, 0.717) is 38.6 Å². The lowest BCUT2D eigenvalue weighted by atomic mass is 10.1. The number of thioether (sulfide) groups is 1. The molecule has 1 saturated heterocycles. The summed E-state index contributed by atoms with van der Waals surface area (Å²) >= 11 is 10.2. The van der Waals surface area contributed by atoms with Crippen LogP contribution in [-0.2, 0) is 20.9 Å². The van der Waals surface area contributed by atoms with Gasteiger partial charge in [0.25, 0.3) is 5.91 Å². The van der Waals surface area contributed by atoms with E-state index in [9.17, 15) is 9.59 Å². The van der Waals surface area contributed by atoms with Gasteiger partial charge < -0.3 is 14.2 Å². The summed E-state index contributed by atoms with van der Waals surface area (Å²) in [4.78, 5) is 27.7. The summed E-state index contributed by atoms with van der Waals surface area (Å²) in [5, 5.41) is 0. The molecule has 6 nitrogen and oxygen atoms in total. The van der Waals surface area contributed by atoms with Crippen molar-refractivity contribution < 1.29 is 23.8 Å². The summed E-state index contributed by atoms with van der Waals surface area (Å²) in [6, 6.07) is 21.4. The van der Waals surface area contributed by atoms with E-state index in [4.69, 9.17) is 26.4 Å². The van der Waals surface area contributed by atoms with Crippen LogP contribution in [0.3, 0.4) is 0 Å². The highest BCUT2D eigenvalue weighted by Crippen LogP contribution is 2.41. The molecule has 1 aliphatic heterocycles. The van der Waals surface area contributed by atoms with E-state index >= 15 is 0 Å². The Bertz CT molecular complexity index is 1310. The van der Waals surface area contributed by atoms with Crippen LogP contribution in [0.1, 0.15) is 22.7 Å². The molecule has 3 aromatic rings. The zero-order chi connectivity index (χ0) is 25.7. The molecule has 0 radical (unpaired) electrons. The van der Waals surface area contributed by atoms with E-state index in [1.807, 2.05) is 42.5 Å². The maximum atomic E-state index is 13.4. The predicted octanol–water partition coefficient (Wildman–Crippen LogP) is 6.15. The van der Waals surface area contributed by atoms with Crippen LogP contribution < -0.4 is 9.47 Å². The average molecular weight is 585 g/mol. The monoisotopic (exact) mass is 583 g/mol. The van der Waals surface area contributed by atoms with Gasteiger partial charge in [-0.25, -0.2) is 4.79 Å². The van der Waals surface area contributed by atoms with Gasteiger partial charge in [0.15, 0.2) is 17.5 Å². The summed E-state index contributed by atoms with van der Waals surface area (Å²) in [6.45, 7) is 0.377. The first-order valence-electron chi connectivity index (χ1n) is 10.9. The Morgan fingerprint density at radius 2 is 1.75 bits per heavy atom.